The van der Waals surface area contributed by atoms with Crippen LogP contribution in [-0.2, 0) is 6.42 Å². The Morgan fingerprint density at radius 2 is 1.83 bits per heavy atom. The summed E-state index contributed by atoms with van der Waals surface area (Å²) in [5.41, 5.74) is 1.63. The minimum absolute atomic E-state index is 0.340. The van der Waals surface area contributed by atoms with E-state index < -0.39 is 0 Å². The van der Waals surface area contributed by atoms with Crippen molar-refractivity contribution >= 4 is 0 Å². The molecule has 0 spiro atoms. The van der Waals surface area contributed by atoms with Crippen LogP contribution in [0.5, 0.6) is 11.5 Å². The Labute approximate surface area is 109 Å². The largest absolute Gasteiger partial charge is 0.486 e. The normalized spacial score (nSPS) is 14.6. The maximum absolute atomic E-state index is 5.58. The highest BCUT2D eigenvalue weighted by molar-refractivity contribution is 5.43. The van der Waals surface area contributed by atoms with E-state index in [9.17, 15) is 0 Å². The predicted octanol–water partition coefficient (Wildman–Crippen LogP) is 2.64. The Balaban J connectivity index is 1.83. The van der Waals surface area contributed by atoms with E-state index in [1.165, 1.54) is 5.56 Å². The quantitative estimate of drug-likeness (QED) is 0.832. The molecule has 0 unspecified atom stereocenters. The summed E-state index contributed by atoms with van der Waals surface area (Å²) >= 11 is 0. The van der Waals surface area contributed by atoms with Crippen LogP contribution in [0, 0.1) is 5.41 Å². The van der Waals surface area contributed by atoms with Gasteiger partial charge in [0, 0.05) is 6.54 Å². The minimum Gasteiger partial charge on any atom is -0.486 e. The molecule has 1 aliphatic heterocycles. The summed E-state index contributed by atoms with van der Waals surface area (Å²) in [4.78, 5) is 0. The van der Waals surface area contributed by atoms with Crippen molar-refractivity contribution in [2.45, 2.75) is 27.2 Å². The second-order valence-corrected chi connectivity index (χ2v) is 5.97. The van der Waals surface area contributed by atoms with Crippen molar-refractivity contribution in [2.75, 3.05) is 26.3 Å². The number of hydrogen-bond donors (Lipinski definition) is 1. The van der Waals surface area contributed by atoms with Crippen LogP contribution in [0.2, 0.25) is 0 Å². The SMILES string of the molecule is CC(C)(C)CNCCc1ccc2c(c1)OCCO2. The molecule has 1 heterocycles. The van der Waals surface area contributed by atoms with Crippen molar-refractivity contribution in [3.8, 4) is 11.5 Å². The molecule has 0 saturated carbocycles. The van der Waals surface area contributed by atoms with Crippen LogP contribution >= 0.6 is 0 Å². The minimum atomic E-state index is 0.340. The lowest BCUT2D eigenvalue weighted by Crippen LogP contribution is -2.28. The molecule has 0 radical (unpaired) electrons. The van der Waals surface area contributed by atoms with Crippen LogP contribution in [0.25, 0.3) is 0 Å². The first kappa shape index (κ1) is 13.2. The molecule has 3 heteroatoms. The van der Waals surface area contributed by atoms with Gasteiger partial charge in [0.1, 0.15) is 13.2 Å². The second kappa shape index (κ2) is 5.61. The zero-order valence-corrected chi connectivity index (χ0v) is 11.6. The van der Waals surface area contributed by atoms with E-state index in [4.69, 9.17) is 9.47 Å². The molecule has 2 rings (SSSR count). The van der Waals surface area contributed by atoms with Crippen molar-refractivity contribution in [3.05, 3.63) is 23.8 Å². The van der Waals surface area contributed by atoms with Gasteiger partial charge in [-0.1, -0.05) is 26.8 Å². The smallest absolute Gasteiger partial charge is 0.161 e. The molecule has 0 fully saturated rings. The van der Waals surface area contributed by atoms with Crippen LogP contribution in [0.15, 0.2) is 18.2 Å². The molecule has 1 aromatic rings. The Morgan fingerprint density at radius 3 is 2.56 bits per heavy atom. The Bertz CT molecular complexity index is 396. The average molecular weight is 249 g/mol. The zero-order chi connectivity index (χ0) is 13.0. The van der Waals surface area contributed by atoms with E-state index in [1.807, 2.05) is 6.07 Å². The topological polar surface area (TPSA) is 30.5 Å². The van der Waals surface area contributed by atoms with E-state index in [0.717, 1.165) is 31.0 Å². The molecule has 3 nitrogen and oxygen atoms in total. The summed E-state index contributed by atoms with van der Waals surface area (Å²) in [6, 6.07) is 6.22. The summed E-state index contributed by atoms with van der Waals surface area (Å²) in [6.45, 7) is 10.1. The summed E-state index contributed by atoms with van der Waals surface area (Å²) in [5, 5.41) is 3.48. The third-order valence-corrected chi connectivity index (χ3v) is 2.85. The molecule has 0 atom stereocenters. The van der Waals surface area contributed by atoms with Crippen LogP contribution < -0.4 is 14.8 Å². The van der Waals surface area contributed by atoms with Gasteiger partial charge in [-0.15, -0.1) is 0 Å². The highest BCUT2D eigenvalue weighted by atomic mass is 16.6. The number of rotatable bonds is 4. The zero-order valence-electron chi connectivity index (χ0n) is 11.6. The molecule has 0 saturated heterocycles. The van der Waals surface area contributed by atoms with Gasteiger partial charge in [0.15, 0.2) is 11.5 Å². The van der Waals surface area contributed by atoms with E-state index in [0.29, 0.717) is 18.6 Å². The van der Waals surface area contributed by atoms with Gasteiger partial charge in [-0.05, 0) is 36.1 Å². The lowest BCUT2D eigenvalue weighted by molar-refractivity contribution is 0.171. The lowest BCUT2D eigenvalue weighted by Gasteiger charge is -2.20. The molecule has 0 aliphatic carbocycles. The molecule has 0 bridgehead atoms. The lowest BCUT2D eigenvalue weighted by atomic mass is 9.97. The fourth-order valence-corrected chi connectivity index (χ4v) is 1.94. The summed E-state index contributed by atoms with van der Waals surface area (Å²) < 4.78 is 11.1. The van der Waals surface area contributed by atoms with E-state index in [1.54, 1.807) is 0 Å². The molecule has 100 valence electrons. The molecule has 1 N–H and O–H groups in total. The first-order valence-electron chi connectivity index (χ1n) is 6.64. The molecular formula is C15H23NO2. The van der Waals surface area contributed by atoms with Gasteiger partial charge in [-0.3, -0.25) is 0 Å². The third-order valence-electron chi connectivity index (χ3n) is 2.85. The van der Waals surface area contributed by atoms with Gasteiger partial charge in [0.2, 0.25) is 0 Å². The van der Waals surface area contributed by atoms with Gasteiger partial charge in [0.05, 0.1) is 0 Å². The van der Waals surface area contributed by atoms with Gasteiger partial charge in [0.25, 0.3) is 0 Å². The van der Waals surface area contributed by atoms with Gasteiger partial charge in [-0.25, -0.2) is 0 Å². The number of ether oxygens (including phenoxy) is 2. The van der Waals surface area contributed by atoms with Crippen LogP contribution in [0.1, 0.15) is 26.3 Å². The van der Waals surface area contributed by atoms with Crippen molar-refractivity contribution in [1.82, 2.24) is 5.32 Å². The highest BCUT2D eigenvalue weighted by Crippen LogP contribution is 2.30. The number of nitrogens with one attached hydrogen (secondary N) is 1. The standard InChI is InChI=1S/C15H23NO2/c1-15(2,3)11-16-7-6-12-4-5-13-14(10-12)18-9-8-17-13/h4-5,10,16H,6-9,11H2,1-3H3. The van der Waals surface area contributed by atoms with Gasteiger partial charge >= 0.3 is 0 Å². The molecular weight excluding hydrogens is 226 g/mol. The summed E-state index contributed by atoms with van der Waals surface area (Å²) in [6.07, 6.45) is 1.02. The van der Waals surface area contributed by atoms with Crippen molar-refractivity contribution in [3.63, 3.8) is 0 Å². The predicted molar refractivity (Wildman–Crippen MR) is 73.5 cm³/mol. The maximum atomic E-state index is 5.58. The average Bonchev–Trinajstić information content (AvgIpc) is 2.33. The first-order valence-corrected chi connectivity index (χ1v) is 6.64. The maximum Gasteiger partial charge on any atom is 0.161 e. The van der Waals surface area contributed by atoms with Crippen molar-refractivity contribution in [1.29, 1.82) is 0 Å². The molecule has 1 aliphatic rings. The molecule has 18 heavy (non-hydrogen) atoms. The van der Waals surface area contributed by atoms with E-state index in [-0.39, 0.29) is 0 Å². The van der Waals surface area contributed by atoms with Gasteiger partial charge < -0.3 is 14.8 Å². The molecule has 1 aromatic carbocycles. The van der Waals surface area contributed by atoms with Crippen molar-refractivity contribution in [2.24, 2.45) is 5.41 Å². The van der Waals surface area contributed by atoms with Crippen LogP contribution in [-0.4, -0.2) is 26.3 Å². The monoisotopic (exact) mass is 249 g/mol. The number of hydrogen-bond acceptors (Lipinski definition) is 3. The summed E-state index contributed by atoms with van der Waals surface area (Å²) in [7, 11) is 0. The molecule has 0 amide bonds. The van der Waals surface area contributed by atoms with E-state index in [2.05, 4.69) is 38.2 Å². The Kier molecular flexibility index (Phi) is 4.12. The molecule has 0 aromatic heterocycles. The van der Waals surface area contributed by atoms with E-state index >= 15 is 0 Å². The Morgan fingerprint density at radius 1 is 1.11 bits per heavy atom. The Hall–Kier alpha value is -1.22. The summed E-state index contributed by atoms with van der Waals surface area (Å²) in [5.74, 6) is 1.75. The second-order valence-electron chi connectivity index (χ2n) is 5.97. The van der Waals surface area contributed by atoms with Gasteiger partial charge in [-0.2, -0.15) is 0 Å². The third kappa shape index (κ3) is 3.91. The number of benzene rings is 1. The fraction of sp³-hybridized carbons (Fsp3) is 0.600. The first-order chi connectivity index (χ1) is 8.54. The van der Waals surface area contributed by atoms with Crippen LogP contribution in [0.4, 0.5) is 0 Å². The highest BCUT2D eigenvalue weighted by Gasteiger charge is 2.12. The fourth-order valence-electron chi connectivity index (χ4n) is 1.94. The van der Waals surface area contributed by atoms with Crippen molar-refractivity contribution < 1.29 is 9.47 Å². The van der Waals surface area contributed by atoms with Crippen LogP contribution in [0.3, 0.4) is 0 Å². The number of fused-ring (bicyclic) bond motifs is 1.